The second kappa shape index (κ2) is 7.06. The Balaban J connectivity index is 2.66. The molecule has 0 heterocycles. The molecule has 0 aliphatic heterocycles. The minimum atomic E-state index is -1.03. The molecule has 18 heavy (non-hydrogen) atoms. The van der Waals surface area contributed by atoms with Crippen molar-refractivity contribution in [3.05, 3.63) is 35.4 Å². The third-order valence-corrected chi connectivity index (χ3v) is 3.15. The molecule has 1 rings (SSSR count). The van der Waals surface area contributed by atoms with E-state index in [1.54, 1.807) is 23.9 Å². The largest absolute Gasteiger partial charge is 0.478 e. The van der Waals surface area contributed by atoms with E-state index in [1.807, 2.05) is 13.2 Å². The molecule has 1 atom stereocenters. The molecule has 0 aromatic heterocycles. The fraction of sp³-hybridized carbons (Fsp3) is 0.385. The van der Waals surface area contributed by atoms with Gasteiger partial charge in [-0.2, -0.15) is 11.8 Å². The van der Waals surface area contributed by atoms with E-state index in [1.165, 1.54) is 12.1 Å². The Morgan fingerprint density at radius 1 is 1.39 bits per heavy atom. The molecule has 0 aliphatic rings. The molecule has 0 aliphatic carbocycles. The van der Waals surface area contributed by atoms with E-state index in [4.69, 9.17) is 5.11 Å². The van der Waals surface area contributed by atoms with Crippen molar-refractivity contribution in [2.75, 3.05) is 12.0 Å². The Kier molecular flexibility index (Phi) is 5.71. The minimum Gasteiger partial charge on any atom is -0.478 e. The highest BCUT2D eigenvalue weighted by Crippen LogP contribution is 2.07. The summed E-state index contributed by atoms with van der Waals surface area (Å²) in [5.41, 5.74) is 0.505. The van der Waals surface area contributed by atoms with Crippen LogP contribution in [-0.2, 0) is 0 Å². The lowest BCUT2D eigenvalue weighted by Gasteiger charge is -2.13. The number of carbonyl (C=O) groups is 2. The Morgan fingerprint density at radius 2 is 2.06 bits per heavy atom. The zero-order valence-electron chi connectivity index (χ0n) is 10.5. The van der Waals surface area contributed by atoms with Gasteiger partial charge in [0, 0.05) is 11.6 Å². The zero-order chi connectivity index (χ0) is 13.5. The van der Waals surface area contributed by atoms with Gasteiger partial charge in [0.05, 0.1) is 5.56 Å². The van der Waals surface area contributed by atoms with Crippen LogP contribution in [0.1, 0.15) is 34.1 Å². The number of rotatable bonds is 6. The number of thioether (sulfide) groups is 1. The van der Waals surface area contributed by atoms with Gasteiger partial charge < -0.3 is 10.4 Å². The first kappa shape index (κ1) is 14.6. The summed E-state index contributed by atoms with van der Waals surface area (Å²) in [6.45, 7) is 1.94. The molecule has 98 valence electrons. The lowest BCUT2D eigenvalue weighted by Crippen LogP contribution is -2.33. The van der Waals surface area contributed by atoms with Crippen molar-refractivity contribution in [1.29, 1.82) is 0 Å². The van der Waals surface area contributed by atoms with Gasteiger partial charge in [-0.1, -0.05) is 6.07 Å². The molecule has 0 fully saturated rings. The Morgan fingerprint density at radius 3 is 2.67 bits per heavy atom. The molecular weight excluding hydrogens is 250 g/mol. The smallest absolute Gasteiger partial charge is 0.335 e. The number of nitrogens with one attached hydrogen (secondary N) is 1. The number of benzene rings is 1. The van der Waals surface area contributed by atoms with E-state index in [-0.39, 0.29) is 17.5 Å². The van der Waals surface area contributed by atoms with Crippen LogP contribution in [0, 0.1) is 0 Å². The van der Waals surface area contributed by atoms with Crippen LogP contribution in [0.4, 0.5) is 0 Å². The standard InChI is InChI=1S/C13H17NO3S/c1-9(6-7-18-2)14-12(15)10-4-3-5-11(8-10)13(16)17/h3-5,8-9H,6-7H2,1-2H3,(H,14,15)(H,16,17). The molecule has 1 amide bonds. The van der Waals surface area contributed by atoms with Gasteiger partial charge in [-0.05, 0) is 43.6 Å². The summed E-state index contributed by atoms with van der Waals surface area (Å²) in [5.74, 6) is -0.275. The first-order chi connectivity index (χ1) is 8.54. The Bertz CT molecular complexity index is 434. The van der Waals surface area contributed by atoms with Gasteiger partial charge in [0.2, 0.25) is 0 Å². The van der Waals surface area contributed by atoms with Crippen molar-refractivity contribution in [2.24, 2.45) is 0 Å². The highest BCUT2D eigenvalue weighted by atomic mass is 32.2. The Labute approximate surface area is 111 Å². The monoisotopic (exact) mass is 267 g/mol. The SMILES string of the molecule is CSCCC(C)NC(=O)c1cccc(C(=O)O)c1. The summed E-state index contributed by atoms with van der Waals surface area (Å²) < 4.78 is 0. The molecule has 4 nitrogen and oxygen atoms in total. The van der Waals surface area contributed by atoms with Crippen molar-refractivity contribution in [3.8, 4) is 0 Å². The number of amides is 1. The molecule has 0 saturated heterocycles. The van der Waals surface area contributed by atoms with Gasteiger partial charge in [-0.15, -0.1) is 0 Å². The first-order valence-corrected chi connectivity index (χ1v) is 7.07. The first-order valence-electron chi connectivity index (χ1n) is 5.67. The number of carbonyl (C=O) groups excluding carboxylic acids is 1. The zero-order valence-corrected chi connectivity index (χ0v) is 11.3. The van der Waals surface area contributed by atoms with Gasteiger partial charge in [0.1, 0.15) is 0 Å². The van der Waals surface area contributed by atoms with Crippen molar-refractivity contribution in [1.82, 2.24) is 5.32 Å². The fourth-order valence-corrected chi connectivity index (χ4v) is 2.06. The van der Waals surface area contributed by atoms with Crippen LogP contribution in [0.5, 0.6) is 0 Å². The maximum Gasteiger partial charge on any atom is 0.335 e. The Hall–Kier alpha value is -1.49. The molecule has 0 bridgehead atoms. The summed E-state index contributed by atoms with van der Waals surface area (Å²) in [4.78, 5) is 22.7. The number of carboxylic acids is 1. The van der Waals surface area contributed by atoms with E-state index in [9.17, 15) is 9.59 Å². The average molecular weight is 267 g/mol. The van der Waals surface area contributed by atoms with Crippen LogP contribution in [0.2, 0.25) is 0 Å². The number of aromatic carboxylic acids is 1. The summed E-state index contributed by atoms with van der Waals surface area (Å²) in [6, 6.07) is 6.13. The lowest BCUT2D eigenvalue weighted by molar-refractivity contribution is 0.0697. The molecule has 1 unspecified atom stereocenters. The van der Waals surface area contributed by atoms with E-state index < -0.39 is 5.97 Å². The fourth-order valence-electron chi connectivity index (χ4n) is 1.47. The van der Waals surface area contributed by atoms with E-state index in [2.05, 4.69) is 5.32 Å². The molecule has 0 spiro atoms. The van der Waals surface area contributed by atoms with Crippen LogP contribution in [0.15, 0.2) is 24.3 Å². The van der Waals surface area contributed by atoms with Crippen LogP contribution < -0.4 is 5.32 Å². The van der Waals surface area contributed by atoms with E-state index in [0.717, 1.165) is 12.2 Å². The average Bonchev–Trinajstić information content (AvgIpc) is 2.36. The molecule has 0 saturated carbocycles. The lowest BCUT2D eigenvalue weighted by atomic mass is 10.1. The summed E-state index contributed by atoms with van der Waals surface area (Å²) in [7, 11) is 0. The molecule has 2 N–H and O–H groups in total. The highest BCUT2D eigenvalue weighted by Gasteiger charge is 2.11. The summed E-state index contributed by atoms with van der Waals surface area (Å²) >= 11 is 1.73. The molecule has 5 heteroatoms. The number of hydrogen-bond donors (Lipinski definition) is 2. The minimum absolute atomic E-state index is 0.0819. The second-order valence-electron chi connectivity index (χ2n) is 4.04. The molecule has 1 aromatic rings. The van der Waals surface area contributed by atoms with Gasteiger partial charge in [-0.3, -0.25) is 4.79 Å². The molecule has 0 radical (unpaired) electrons. The van der Waals surface area contributed by atoms with Gasteiger partial charge >= 0.3 is 5.97 Å². The quantitative estimate of drug-likeness (QED) is 0.829. The number of carboxylic acid groups (broad SMARTS) is 1. The molecular formula is C13H17NO3S. The predicted molar refractivity (Wildman–Crippen MR) is 73.3 cm³/mol. The predicted octanol–water partition coefficient (Wildman–Crippen LogP) is 2.26. The van der Waals surface area contributed by atoms with Crippen molar-refractivity contribution < 1.29 is 14.7 Å². The summed E-state index contributed by atoms with van der Waals surface area (Å²) in [5, 5.41) is 11.7. The highest BCUT2D eigenvalue weighted by molar-refractivity contribution is 7.98. The van der Waals surface area contributed by atoms with Gasteiger partial charge in [0.15, 0.2) is 0 Å². The maximum absolute atomic E-state index is 11.9. The van der Waals surface area contributed by atoms with E-state index >= 15 is 0 Å². The third-order valence-electron chi connectivity index (χ3n) is 2.50. The third kappa shape index (κ3) is 4.41. The second-order valence-corrected chi connectivity index (χ2v) is 5.03. The maximum atomic E-state index is 11.9. The van der Waals surface area contributed by atoms with Crippen LogP contribution in [-0.4, -0.2) is 35.0 Å². The van der Waals surface area contributed by atoms with Crippen LogP contribution in [0.25, 0.3) is 0 Å². The van der Waals surface area contributed by atoms with Crippen molar-refractivity contribution in [3.63, 3.8) is 0 Å². The number of hydrogen-bond acceptors (Lipinski definition) is 3. The van der Waals surface area contributed by atoms with Crippen LogP contribution in [0.3, 0.4) is 0 Å². The normalized spacial score (nSPS) is 11.9. The van der Waals surface area contributed by atoms with Crippen LogP contribution >= 0.6 is 11.8 Å². The molecule has 1 aromatic carbocycles. The van der Waals surface area contributed by atoms with Gasteiger partial charge in [-0.25, -0.2) is 4.79 Å². The topological polar surface area (TPSA) is 66.4 Å². The van der Waals surface area contributed by atoms with Crippen molar-refractivity contribution >= 4 is 23.6 Å². The van der Waals surface area contributed by atoms with Gasteiger partial charge in [0.25, 0.3) is 5.91 Å². The van der Waals surface area contributed by atoms with Crippen molar-refractivity contribution in [2.45, 2.75) is 19.4 Å². The summed E-state index contributed by atoms with van der Waals surface area (Å²) in [6.07, 6.45) is 2.91. The van der Waals surface area contributed by atoms with E-state index in [0.29, 0.717) is 5.56 Å².